The van der Waals surface area contributed by atoms with Crippen molar-refractivity contribution in [3.05, 3.63) is 65.7 Å². The molecule has 0 radical (unpaired) electrons. The van der Waals surface area contributed by atoms with Gasteiger partial charge in [0.2, 0.25) is 0 Å². The zero-order valence-electron chi connectivity index (χ0n) is 12.9. The molecular weight excluding hydrogens is 294 g/mol. The Balaban J connectivity index is 2.16. The van der Waals surface area contributed by atoms with E-state index < -0.39 is 12.0 Å². The Morgan fingerprint density at radius 3 is 2.30 bits per heavy atom. The van der Waals surface area contributed by atoms with Crippen molar-refractivity contribution in [2.24, 2.45) is 0 Å². The molecular formula is C18H19NO4. The number of amides is 1. The van der Waals surface area contributed by atoms with E-state index in [1.807, 2.05) is 13.0 Å². The van der Waals surface area contributed by atoms with Gasteiger partial charge < -0.3 is 15.2 Å². The van der Waals surface area contributed by atoms with Gasteiger partial charge in [-0.2, -0.15) is 0 Å². The van der Waals surface area contributed by atoms with Crippen LogP contribution >= 0.6 is 0 Å². The number of nitrogens with one attached hydrogen (secondary N) is 1. The van der Waals surface area contributed by atoms with E-state index in [9.17, 15) is 9.59 Å². The molecule has 0 bridgehead atoms. The molecule has 0 spiro atoms. The predicted molar refractivity (Wildman–Crippen MR) is 86.5 cm³/mol. The van der Waals surface area contributed by atoms with Crippen LogP contribution in [-0.4, -0.2) is 23.6 Å². The number of carboxylic acid groups (broad SMARTS) is 1. The molecule has 0 heterocycles. The summed E-state index contributed by atoms with van der Waals surface area (Å²) >= 11 is 0. The third-order valence-electron chi connectivity index (χ3n) is 3.31. The van der Waals surface area contributed by atoms with Gasteiger partial charge in [-0.15, -0.1) is 0 Å². The summed E-state index contributed by atoms with van der Waals surface area (Å²) in [4.78, 5) is 23.3. The van der Waals surface area contributed by atoms with Gasteiger partial charge in [-0.1, -0.05) is 30.3 Å². The van der Waals surface area contributed by atoms with E-state index in [1.165, 1.54) is 0 Å². The second-order valence-electron chi connectivity index (χ2n) is 4.99. The van der Waals surface area contributed by atoms with Crippen molar-refractivity contribution in [1.29, 1.82) is 0 Å². The third kappa shape index (κ3) is 4.85. The monoisotopic (exact) mass is 313 g/mol. The maximum absolute atomic E-state index is 12.3. The third-order valence-corrected chi connectivity index (χ3v) is 3.31. The molecule has 0 aliphatic carbocycles. The quantitative estimate of drug-likeness (QED) is 0.824. The number of carbonyl (C=O) groups is 2. The Kier molecular flexibility index (Phi) is 5.74. The van der Waals surface area contributed by atoms with Gasteiger partial charge in [0.1, 0.15) is 5.75 Å². The minimum Gasteiger partial charge on any atom is -0.494 e. The van der Waals surface area contributed by atoms with E-state index >= 15 is 0 Å². The Hall–Kier alpha value is -2.82. The van der Waals surface area contributed by atoms with Crippen LogP contribution in [0.3, 0.4) is 0 Å². The summed E-state index contributed by atoms with van der Waals surface area (Å²) < 4.78 is 5.37. The number of hydrogen-bond acceptors (Lipinski definition) is 3. The molecule has 0 saturated heterocycles. The zero-order chi connectivity index (χ0) is 16.7. The summed E-state index contributed by atoms with van der Waals surface area (Å²) in [6.45, 7) is 2.45. The van der Waals surface area contributed by atoms with Crippen LogP contribution in [0.2, 0.25) is 0 Å². The molecule has 2 aromatic rings. The first-order valence-electron chi connectivity index (χ1n) is 7.40. The molecule has 5 nitrogen and oxygen atoms in total. The highest BCUT2D eigenvalue weighted by Gasteiger charge is 2.19. The van der Waals surface area contributed by atoms with Gasteiger partial charge in [0.15, 0.2) is 0 Å². The standard InChI is InChI=1S/C18H19NO4/c1-2-23-15-10-8-13(9-11-15)16(12-17(20)21)19-18(22)14-6-4-3-5-7-14/h3-11,16H,2,12H2,1H3,(H,19,22)(H,20,21)/t16-/m0/s1. The van der Waals surface area contributed by atoms with E-state index in [4.69, 9.17) is 9.84 Å². The first kappa shape index (κ1) is 16.5. The minimum atomic E-state index is -0.975. The van der Waals surface area contributed by atoms with Gasteiger partial charge in [0.25, 0.3) is 5.91 Å². The fraction of sp³-hybridized carbons (Fsp3) is 0.222. The summed E-state index contributed by atoms with van der Waals surface area (Å²) in [5.74, 6) is -0.567. The number of rotatable bonds is 7. The van der Waals surface area contributed by atoms with Crippen molar-refractivity contribution in [2.45, 2.75) is 19.4 Å². The summed E-state index contributed by atoms with van der Waals surface area (Å²) in [6, 6.07) is 15.2. The summed E-state index contributed by atoms with van der Waals surface area (Å²) in [5, 5.41) is 11.9. The first-order valence-corrected chi connectivity index (χ1v) is 7.40. The van der Waals surface area contributed by atoms with Crippen molar-refractivity contribution in [3.8, 4) is 5.75 Å². The first-order chi connectivity index (χ1) is 11.1. The number of ether oxygens (including phenoxy) is 1. The van der Waals surface area contributed by atoms with Crippen molar-refractivity contribution < 1.29 is 19.4 Å². The number of hydrogen-bond donors (Lipinski definition) is 2. The van der Waals surface area contributed by atoms with Crippen LogP contribution in [0.1, 0.15) is 35.3 Å². The van der Waals surface area contributed by atoms with E-state index in [0.29, 0.717) is 17.9 Å². The Morgan fingerprint density at radius 1 is 1.09 bits per heavy atom. The SMILES string of the molecule is CCOc1ccc([C@H](CC(=O)O)NC(=O)c2ccccc2)cc1. The summed E-state index contributed by atoms with van der Waals surface area (Å²) in [6.07, 6.45) is -0.188. The number of aliphatic carboxylic acids is 1. The van der Waals surface area contributed by atoms with Crippen molar-refractivity contribution >= 4 is 11.9 Å². The van der Waals surface area contributed by atoms with Crippen molar-refractivity contribution in [1.82, 2.24) is 5.32 Å². The topological polar surface area (TPSA) is 75.6 Å². The maximum Gasteiger partial charge on any atom is 0.305 e. The molecule has 1 atom stereocenters. The lowest BCUT2D eigenvalue weighted by Crippen LogP contribution is -2.30. The van der Waals surface area contributed by atoms with Gasteiger partial charge in [0.05, 0.1) is 19.1 Å². The summed E-state index contributed by atoms with van der Waals surface area (Å²) in [5.41, 5.74) is 1.22. The van der Waals surface area contributed by atoms with Crippen LogP contribution in [0, 0.1) is 0 Å². The van der Waals surface area contributed by atoms with Gasteiger partial charge in [-0.25, -0.2) is 0 Å². The smallest absolute Gasteiger partial charge is 0.305 e. The molecule has 0 saturated carbocycles. The highest BCUT2D eigenvalue weighted by Crippen LogP contribution is 2.21. The molecule has 0 aromatic heterocycles. The van der Waals surface area contributed by atoms with Gasteiger partial charge >= 0.3 is 5.97 Å². The predicted octanol–water partition coefficient (Wildman–Crippen LogP) is 3.03. The summed E-state index contributed by atoms with van der Waals surface area (Å²) in [7, 11) is 0. The van der Waals surface area contributed by atoms with Gasteiger partial charge in [-0.05, 0) is 36.8 Å². The lowest BCUT2D eigenvalue weighted by atomic mass is 10.0. The number of carbonyl (C=O) groups excluding carboxylic acids is 1. The Bertz CT molecular complexity index is 652. The van der Waals surface area contributed by atoms with Crippen LogP contribution in [0.5, 0.6) is 5.75 Å². The molecule has 2 N–H and O–H groups in total. The molecule has 0 unspecified atom stereocenters. The van der Waals surface area contributed by atoms with Gasteiger partial charge in [0, 0.05) is 5.56 Å². The van der Waals surface area contributed by atoms with Crippen LogP contribution in [0.15, 0.2) is 54.6 Å². The lowest BCUT2D eigenvalue weighted by Gasteiger charge is -2.18. The zero-order valence-corrected chi connectivity index (χ0v) is 12.9. The Morgan fingerprint density at radius 2 is 1.74 bits per heavy atom. The molecule has 2 rings (SSSR count). The van der Waals surface area contributed by atoms with Crippen molar-refractivity contribution in [2.75, 3.05) is 6.61 Å². The van der Waals surface area contributed by atoms with Crippen LogP contribution in [-0.2, 0) is 4.79 Å². The van der Waals surface area contributed by atoms with E-state index in [2.05, 4.69) is 5.32 Å². The highest BCUT2D eigenvalue weighted by atomic mass is 16.5. The lowest BCUT2D eigenvalue weighted by molar-refractivity contribution is -0.137. The second-order valence-corrected chi connectivity index (χ2v) is 4.99. The molecule has 23 heavy (non-hydrogen) atoms. The minimum absolute atomic E-state index is 0.188. The largest absolute Gasteiger partial charge is 0.494 e. The fourth-order valence-corrected chi connectivity index (χ4v) is 2.22. The van der Waals surface area contributed by atoms with Crippen LogP contribution < -0.4 is 10.1 Å². The molecule has 0 aliphatic heterocycles. The van der Waals surface area contributed by atoms with E-state index in [1.54, 1.807) is 48.5 Å². The van der Waals surface area contributed by atoms with E-state index in [-0.39, 0.29) is 12.3 Å². The van der Waals surface area contributed by atoms with Gasteiger partial charge in [-0.3, -0.25) is 9.59 Å². The Labute approximate surface area is 134 Å². The average molecular weight is 313 g/mol. The molecule has 1 amide bonds. The van der Waals surface area contributed by atoms with E-state index in [0.717, 1.165) is 5.56 Å². The molecule has 0 aliphatic rings. The number of benzene rings is 2. The highest BCUT2D eigenvalue weighted by molar-refractivity contribution is 5.94. The molecule has 5 heteroatoms. The molecule has 120 valence electrons. The average Bonchev–Trinajstić information content (AvgIpc) is 2.55. The number of carboxylic acids is 1. The van der Waals surface area contributed by atoms with Crippen LogP contribution in [0.4, 0.5) is 0 Å². The molecule has 0 fully saturated rings. The second kappa shape index (κ2) is 7.98. The van der Waals surface area contributed by atoms with Crippen molar-refractivity contribution in [3.63, 3.8) is 0 Å². The normalized spacial score (nSPS) is 11.5. The fourth-order valence-electron chi connectivity index (χ4n) is 2.22. The van der Waals surface area contributed by atoms with Crippen LogP contribution in [0.25, 0.3) is 0 Å². The molecule has 2 aromatic carbocycles. The maximum atomic E-state index is 12.3.